The molecular weight excluding hydrogens is 236 g/mol. The maximum absolute atomic E-state index is 12.1. The van der Waals surface area contributed by atoms with Gasteiger partial charge >= 0.3 is 5.97 Å². The zero-order valence-corrected chi connectivity index (χ0v) is 11.8. The second-order valence-corrected chi connectivity index (χ2v) is 4.73. The molecule has 2 nitrogen and oxygen atoms in total. The summed E-state index contributed by atoms with van der Waals surface area (Å²) in [5.74, 6) is -0.277. The highest BCUT2D eigenvalue weighted by molar-refractivity contribution is 5.78. The number of hydrogen-bond donors (Lipinski definition) is 0. The Kier molecular flexibility index (Phi) is 7.64. The first kappa shape index (κ1) is 15.5. The lowest BCUT2D eigenvalue weighted by atomic mass is 9.93. The monoisotopic (exact) mass is 260 g/mol. The highest BCUT2D eigenvalue weighted by Crippen LogP contribution is 2.24. The smallest absolute Gasteiger partial charge is 0.313 e. The molecule has 0 aliphatic heterocycles. The van der Waals surface area contributed by atoms with Gasteiger partial charge in [-0.25, -0.2) is 0 Å². The van der Waals surface area contributed by atoms with Crippen LogP contribution in [-0.2, 0) is 9.53 Å². The van der Waals surface area contributed by atoms with Crippen molar-refractivity contribution in [1.82, 2.24) is 0 Å². The summed E-state index contributed by atoms with van der Waals surface area (Å²) >= 11 is 0. The van der Waals surface area contributed by atoms with E-state index < -0.39 is 0 Å². The summed E-state index contributed by atoms with van der Waals surface area (Å²) in [6.07, 6.45) is 7.14. The fourth-order valence-electron chi connectivity index (χ4n) is 2.12. The molecule has 19 heavy (non-hydrogen) atoms. The molecule has 0 aliphatic carbocycles. The van der Waals surface area contributed by atoms with Crippen molar-refractivity contribution in [2.75, 3.05) is 6.61 Å². The van der Waals surface area contributed by atoms with Gasteiger partial charge in [0.25, 0.3) is 0 Å². The van der Waals surface area contributed by atoms with Gasteiger partial charge in [-0.3, -0.25) is 4.79 Å². The lowest BCUT2D eigenvalue weighted by molar-refractivity contribution is -0.144. The minimum absolute atomic E-state index is 0.136. The van der Waals surface area contributed by atoms with Gasteiger partial charge in [-0.15, -0.1) is 0 Å². The lowest BCUT2D eigenvalue weighted by Gasteiger charge is -2.15. The van der Waals surface area contributed by atoms with Crippen LogP contribution in [0.15, 0.2) is 43.0 Å². The van der Waals surface area contributed by atoms with Crippen LogP contribution in [0.4, 0.5) is 0 Å². The van der Waals surface area contributed by atoms with Crippen LogP contribution in [0.2, 0.25) is 0 Å². The summed E-state index contributed by atoms with van der Waals surface area (Å²) < 4.78 is 5.21. The van der Waals surface area contributed by atoms with Crippen molar-refractivity contribution in [2.45, 2.75) is 44.9 Å². The van der Waals surface area contributed by atoms with Gasteiger partial charge in [0.2, 0.25) is 0 Å². The molecule has 0 fully saturated rings. The van der Waals surface area contributed by atoms with Crippen molar-refractivity contribution < 1.29 is 9.53 Å². The molecule has 104 valence electrons. The third-order valence-corrected chi connectivity index (χ3v) is 3.18. The number of ether oxygens (including phenoxy) is 1. The van der Waals surface area contributed by atoms with Crippen LogP contribution in [-0.4, -0.2) is 12.6 Å². The van der Waals surface area contributed by atoms with Crippen molar-refractivity contribution in [1.29, 1.82) is 0 Å². The van der Waals surface area contributed by atoms with Crippen LogP contribution in [0.25, 0.3) is 0 Å². The first-order valence-corrected chi connectivity index (χ1v) is 7.12. The Bertz CT molecular complexity index is 370. The molecule has 1 aromatic rings. The molecule has 0 N–H and O–H groups in total. The summed E-state index contributed by atoms with van der Waals surface area (Å²) in [5.41, 5.74) is 1.05. The molecule has 0 radical (unpaired) electrons. The van der Waals surface area contributed by atoms with Gasteiger partial charge < -0.3 is 4.74 Å². The average Bonchev–Trinajstić information content (AvgIpc) is 2.46. The molecule has 1 rings (SSSR count). The number of rotatable bonds is 9. The van der Waals surface area contributed by atoms with E-state index in [0.717, 1.165) is 18.4 Å². The van der Waals surface area contributed by atoms with E-state index >= 15 is 0 Å². The predicted molar refractivity (Wildman–Crippen MR) is 79.1 cm³/mol. The first-order chi connectivity index (χ1) is 9.29. The predicted octanol–water partition coefficient (Wildman–Crippen LogP) is 4.47. The van der Waals surface area contributed by atoms with E-state index in [4.69, 9.17) is 4.74 Å². The highest BCUT2D eigenvalue weighted by atomic mass is 16.5. The van der Waals surface area contributed by atoms with Crippen LogP contribution in [0.5, 0.6) is 0 Å². The first-order valence-electron chi connectivity index (χ1n) is 7.12. The number of esters is 1. The largest absolute Gasteiger partial charge is 0.461 e. The maximum atomic E-state index is 12.1. The Morgan fingerprint density at radius 3 is 2.63 bits per heavy atom. The summed E-state index contributed by atoms with van der Waals surface area (Å²) in [7, 11) is 0. The molecule has 1 aromatic carbocycles. The Hall–Kier alpha value is -1.57. The molecule has 0 aromatic heterocycles. The number of carbonyl (C=O) groups is 1. The normalized spacial score (nSPS) is 11.8. The van der Waals surface area contributed by atoms with E-state index in [0.29, 0.717) is 0 Å². The second-order valence-electron chi connectivity index (χ2n) is 4.73. The van der Waals surface area contributed by atoms with Crippen molar-refractivity contribution in [3.63, 3.8) is 0 Å². The molecule has 0 bridgehead atoms. The van der Waals surface area contributed by atoms with Crippen molar-refractivity contribution in [2.24, 2.45) is 0 Å². The summed E-state index contributed by atoms with van der Waals surface area (Å²) in [5, 5.41) is 0. The van der Waals surface area contributed by atoms with Crippen LogP contribution < -0.4 is 0 Å². The average molecular weight is 260 g/mol. The minimum atomic E-state index is -0.141. The third-order valence-electron chi connectivity index (χ3n) is 3.18. The molecular formula is C17H24O2. The fourth-order valence-corrected chi connectivity index (χ4v) is 2.12. The van der Waals surface area contributed by atoms with E-state index in [2.05, 4.69) is 13.5 Å². The Balaban J connectivity index is 2.62. The fraction of sp³-hybridized carbons (Fsp3) is 0.471. The number of benzene rings is 1. The number of carbonyl (C=O) groups excluding carboxylic acids is 1. The summed E-state index contributed by atoms with van der Waals surface area (Å²) in [4.78, 5) is 12.1. The third kappa shape index (κ3) is 5.73. The Morgan fingerprint density at radius 2 is 2.00 bits per heavy atom. The van der Waals surface area contributed by atoms with Gasteiger partial charge in [-0.05, 0) is 12.0 Å². The molecule has 1 unspecified atom stereocenters. The molecule has 2 heteroatoms. The maximum Gasteiger partial charge on any atom is 0.313 e. The molecule has 0 heterocycles. The van der Waals surface area contributed by atoms with Crippen LogP contribution in [0.3, 0.4) is 0 Å². The van der Waals surface area contributed by atoms with E-state index in [-0.39, 0.29) is 18.5 Å². The topological polar surface area (TPSA) is 26.3 Å². The van der Waals surface area contributed by atoms with Crippen LogP contribution in [0, 0.1) is 0 Å². The Morgan fingerprint density at radius 1 is 1.26 bits per heavy atom. The Labute approximate surface area is 116 Å². The van der Waals surface area contributed by atoms with E-state index in [1.54, 1.807) is 6.08 Å². The highest BCUT2D eigenvalue weighted by Gasteiger charge is 2.21. The van der Waals surface area contributed by atoms with Gasteiger partial charge in [-0.2, -0.15) is 0 Å². The van der Waals surface area contributed by atoms with Crippen LogP contribution >= 0.6 is 0 Å². The summed E-state index contributed by atoms with van der Waals surface area (Å²) in [6.45, 7) is 6.05. The van der Waals surface area contributed by atoms with Crippen molar-refractivity contribution in [3.8, 4) is 0 Å². The molecule has 0 saturated carbocycles. The molecule has 0 saturated heterocycles. The molecule has 0 aliphatic rings. The number of unbranched alkanes of at least 4 members (excludes halogenated alkanes) is 3. The van der Waals surface area contributed by atoms with Gasteiger partial charge in [0, 0.05) is 0 Å². The zero-order valence-electron chi connectivity index (χ0n) is 11.8. The standard InChI is InChI=1S/C17H24O2/c1-3-5-6-10-13-16(17(18)19-14-4-2)15-11-8-7-9-12-15/h4,7-9,11-12,16H,2-3,5-6,10,13-14H2,1H3. The SMILES string of the molecule is C=CCOC(=O)C(CCCCCC)c1ccccc1. The number of hydrogen-bond acceptors (Lipinski definition) is 2. The molecule has 0 spiro atoms. The second kappa shape index (κ2) is 9.37. The summed E-state index contributed by atoms with van der Waals surface area (Å²) in [6, 6.07) is 9.90. The molecule has 1 atom stereocenters. The van der Waals surface area contributed by atoms with Gasteiger partial charge in [-0.1, -0.05) is 75.6 Å². The van der Waals surface area contributed by atoms with E-state index in [1.807, 2.05) is 30.3 Å². The quantitative estimate of drug-likeness (QED) is 0.372. The molecule has 0 amide bonds. The minimum Gasteiger partial charge on any atom is -0.461 e. The van der Waals surface area contributed by atoms with Gasteiger partial charge in [0.05, 0.1) is 5.92 Å². The van der Waals surface area contributed by atoms with Gasteiger partial charge in [0.15, 0.2) is 0 Å². The van der Waals surface area contributed by atoms with Crippen molar-refractivity contribution >= 4 is 5.97 Å². The lowest BCUT2D eigenvalue weighted by Crippen LogP contribution is -2.16. The van der Waals surface area contributed by atoms with Gasteiger partial charge in [0.1, 0.15) is 6.61 Å². The van der Waals surface area contributed by atoms with E-state index in [1.165, 1.54) is 19.3 Å². The van der Waals surface area contributed by atoms with Crippen LogP contribution in [0.1, 0.15) is 50.5 Å². The zero-order chi connectivity index (χ0) is 13.9. The van der Waals surface area contributed by atoms with Crippen molar-refractivity contribution in [3.05, 3.63) is 48.6 Å². The van der Waals surface area contributed by atoms with E-state index in [9.17, 15) is 4.79 Å².